The molecule has 0 aliphatic carbocycles. The topological polar surface area (TPSA) is 190 Å². The average molecular weight is 448 g/mol. The number of ether oxygens (including phenoxy) is 2. The lowest BCUT2D eigenvalue weighted by atomic mass is 9.99. The molecule has 1 aliphatic rings. The Morgan fingerprint density at radius 1 is 0.938 bits per heavy atom. The third-order valence-electron chi connectivity index (χ3n) is 5.15. The Morgan fingerprint density at radius 2 is 1.62 bits per heavy atom. The van der Waals surface area contributed by atoms with Crippen LogP contribution < -0.4 is 10.2 Å². The average Bonchev–Trinajstić information content (AvgIpc) is 2.77. The highest BCUT2D eigenvalue weighted by Gasteiger charge is 2.44. The fourth-order valence-corrected chi connectivity index (χ4v) is 3.44. The van der Waals surface area contributed by atoms with Crippen LogP contribution in [0.4, 0.5) is 0 Å². The maximum absolute atomic E-state index is 12.6. The Morgan fingerprint density at radius 3 is 2.28 bits per heavy atom. The van der Waals surface area contributed by atoms with Crippen LogP contribution in [0.25, 0.3) is 22.3 Å². The number of hydrogen-bond donors (Lipinski definition) is 7. The van der Waals surface area contributed by atoms with E-state index in [2.05, 4.69) is 0 Å². The molecule has 11 heteroatoms. The van der Waals surface area contributed by atoms with Gasteiger partial charge in [0.15, 0.2) is 5.76 Å². The van der Waals surface area contributed by atoms with E-state index in [9.17, 15) is 40.5 Å². The van der Waals surface area contributed by atoms with E-state index in [0.717, 1.165) is 6.07 Å². The van der Waals surface area contributed by atoms with E-state index in [1.807, 2.05) is 0 Å². The van der Waals surface area contributed by atoms with E-state index in [0.29, 0.717) is 0 Å². The number of aliphatic hydroxyl groups excluding tert-OH is 4. The quantitative estimate of drug-likeness (QED) is 0.279. The van der Waals surface area contributed by atoms with Gasteiger partial charge in [-0.15, -0.1) is 0 Å². The Balaban J connectivity index is 1.75. The van der Waals surface area contributed by atoms with Gasteiger partial charge >= 0.3 is 0 Å². The number of aliphatic hydroxyl groups is 4. The van der Waals surface area contributed by atoms with Crippen LogP contribution in [0.2, 0.25) is 0 Å². The standard InChI is InChI=1S/C21H20O11/c22-7-13-15(25)17(27)19(29)21(32-13)30-10-5-11(24)14-12(6-10)31-20(18(28)16(14)26)8-1-3-9(23)4-2-8/h1-6,13,15,17,19,21-25,27-29H,7H2/t13-,15-,17+,19-,21+/m1/s1. The minimum absolute atomic E-state index is 0.0377. The molecule has 11 nitrogen and oxygen atoms in total. The molecule has 5 atom stereocenters. The lowest BCUT2D eigenvalue weighted by Crippen LogP contribution is -2.60. The molecule has 1 aromatic heterocycles. The second-order valence-electron chi connectivity index (χ2n) is 7.29. The lowest BCUT2D eigenvalue weighted by Gasteiger charge is -2.39. The van der Waals surface area contributed by atoms with Crippen LogP contribution in [0.5, 0.6) is 23.0 Å². The summed E-state index contributed by atoms with van der Waals surface area (Å²) < 4.78 is 16.3. The molecule has 2 heterocycles. The first kappa shape index (κ1) is 21.9. The molecular formula is C21H20O11. The van der Waals surface area contributed by atoms with Crippen molar-refractivity contribution in [2.45, 2.75) is 30.7 Å². The molecule has 7 N–H and O–H groups in total. The molecule has 0 unspecified atom stereocenters. The summed E-state index contributed by atoms with van der Waals surface area (Å²) in [5.41, 5.74) is -0.805. The monoisotopic (exact) mass is 448 g/mol. The summed E-state index contributed by atoms with van der Waals surface area (Å²) in [5, 5.41) is 68.9. The van der Waals surface area contributed by atoms with Crippen molar-refractivity contribution in [3.63, 3.8) is 0 Å². The van der Waals surface area contributed by atoms with E-state index < -0.39 is 54.2 Å². The van der Waals surface area contributed by atoms with Crippen molar-refractivity contribution < 1.29 is 49.6 Å². The molecule has 0 radical (unpaired) electrons. The number of phenols is 2. The van der Waals surface area contributed by atoms with Gasteiger partial charge in [0.25, 0.3) is 0 Å². The number of hydrogen-bond acceptors (Lipinski definition) is 11. The predicted molar refractivity (Wildman–Crippen MR) is 107 cm³/mol. The van der Waals surface area contributed by atoms with Crippen molar-refractivity contribution in [2.24, 2.45) is 0 Å². The summed E-state index contributed by atoms with van der Waals surface area (Å²) in [4.78, 5) is 12.6. The van der Waals surface area contributed by atoms with Gasteiger partial charge in [0.05, 0.1) is 6.61 Å². The van der Waals surface area contributed by atoms with Crippen LogP contribution in [-0.2, 0) is 4.74 Å². The SMILES string of the molecule is O=c1c(O)c(-c2ccc(O)cc2)oc2cc(O[C@H]3O[C@H](CO)[C@@H](O)[C@H](O)[C@H]3O)cc(O)c12. The number of aromatic hydroxyl groups is 3. The second kappa shape index (κ2) is 8.30. The fourth-order valence-electron chi connectivity index (χ4n) is 3.44. The van der Waals surface area contributed by atoms with Crippen LogP contribution in [0.1, 0.15) is 0 Å². The highest BCUT2D eigenvalue weighted by Crippen LogP contribution is 2.36. The molecule has 0 spiro atoms. The van der Waals surface area contributed by atoms with E-state index in [1.54, 1.807) is 0 Å². The summed E-state index contributed by atoms with van der Waals surface area (Å²) in [6, 6.07) is 7.69. The molecule has 32 heavy (non-hydrogen) atoms. The molecule has 0 bridgehead atoms. The minimum atomic E-state index is -1.69. The van der Waals surface area contributed by atoms with Gasteiger partial charge in [-0.25, -0.2) is 0 Å². The van der Waals surface area contributed by atoms with Crippen LogP contribution >= 0.6 is 0 Å². The van der Waals surface area contributed by atoms with E-state index >= 15 is 0 Å². The predicted octanol–water partition coefficient (Wildman–Crippen LogP) is -0.245. The molecule has 0 amide bonds. The second-order valence-corrected chi connectivity index (χ2v) is 7.29. The molecule has 3 aromatic rings. The van der Waals surface area contributed by atoms with Gasteiger partial charge < -0.3 is 49.6 Å². The highest BCUT2D eigenvalue weighted by atomic mass is 16.7. The molecule has 1 fully saturated rings. The summed E-state index contributed by atoms with van der Waals surface area (Å²) in [6.07, 6.45) is -7.67. The molecule has 170 valence electrons. The van der Waals surface area contributed by atoms with Crippen molar-refractivity contribution in [3.05, 3.63) is 46.6 Å². The molecule has 0 saturated carbocycles. The summed E-state index contributed by atoms with van der Waals surface area (Å²) in [7, 11) is 0. The van der Waals surface area contributed by atoms with E-state index in [-0.39, 0.29) is 33.8 Å². The summed E-state index contributed by atoms with van der Waals surface area (Å²) in [6.45, 7) is -0.655. The smallest absolute Gasteiger partial charge is 0.238 e. The third kappa shape index (κ3) is 3.72. The normalized spacial score (nSPS) is 25.7. The zero-order valence-electron chi connectivity index (χ0n) is 16.3. The number of benzene rings is 2. The summed E-state index contributed by atoms with van der Waals surface area (Å²) >= 11 is 0. The molecule has 4 rings (SSSR count). The summed E-state index contributed by atoms with van der Waals surface area (Å²) in [5.74, 6) is -1.73. The van der Waals surface area contributed by atoms with Crippen molar-refractivity contribution >= 4 is 11.0 Å². The van der Waals surface area contributed by atoms with Crippen molar-refractivity contribution in [3.8, 4) is 34.3 Å². The van der Waals surface area contributed by atoms with E-state index in [4.69, 9.17) is 13.9 Å². The van der Waals surface area contributed by atoms with E-state index in [1.165, 1.54) is 30.3 Å². The zero-order chi connectivity index (χ0) is 23.2. The third-order valence-corrected chi connectivity index (χ3v) is 5.15. The van der Waals surface area contributed by atoms with Gasteiger partial charge in [-0.1, -0.05) is 0 Å². The van der Waals surface area contributed by atoms with Crippen LogP contribution in [-0.4, -0.2) is 73.1 Å². The Hall–Kier alpha value is -3.35. The maximum Gasteiger partial charge on any atom is 0.238 e. The molecule has 2 aromatic carbocycles. The van der Waals surface area contributed by atoms with Gasteiger partial charge in [0.1, 0.15) is 52.6 Å². The van der Waals surface area contributed by atoms with Gasteiger partial charge in [0.2, 0.25) is 17.5 Å². The van der Waals surface area contributed by atoms with Gasteiger partial charge in [-0.2, -0.15) is 0 Å². The largest absolute Gasteiger partial charge is 0.508 e. The minimum Gasteiger partial charge on any atom is -0.508 e. The maximum atomic E-state index is 12.6. The lowest BCUT2D eigenvalue weighted by molar-refractivity contribution is -0.277. The molecule has 1 saturated heterocycles. The Bertz CT molecular complexity index is 1190. The Kier molecular flexibility index (Phi) is 5.67. The van der Waals surface area contributed by atoms with Crippen molar-refractivity contribution in [1.29, 1.82) is 0 Å². The number of phenolic OH excluding ortho intramolecular Hbond substituents is 2. The van der Waals surface area contributed by atoms with Crippen LogP contribution in [0, 0.1) is 0 Å². The highest BCUT2D eigenvalue weighted by molar-refractivity contribution is 5.88. The number of fused-ring (bicyclic) bond motifs is 1. The van der Waals surface area contributed by atoms with Crippen molar-refractivity contribution in [2.75, 3.05) is 6.61 Å². The van der Waals surface area contributed by atoms with Gasteiger partial charge in [-0.3, -0.25) is 4.79 Å². The van der Waals surface area contributed by atoms with Crippen molar-refractivity contribution in [1.82, 2.24) is 0 Å². The van der Waals surface area contributed by atoms with Gasteiger partial charge in [0, 0.05) is 17.7 Å². The fraction of sp³-hybridized carbons (Fsp3) is 0.286. The molecular weight excluding hydrogens is 428 g/mol. The van der Waals surface area contributed by atoms with Gasteiger partial charge in [-0.05, 0) is 24.3 Å². The Labute approximate surface area is 179 Å². The number of rotatable bonds is 4. The van der Waals surface area contributed by atoms with Crippen LogP contribution in [0.15, 0.2) is 45.6 Å². The zero-order valence-corrected chi connectivity index (χ0v) is 16.3. The first-order valence-electron chi connectivity index (χ1n) is 9.50. The first-order chi connectivity index (χ1) is 15.2. The first-order valence-corrected chi connectivity index (χ1v) is 9.50. The molecule has 1 aliphatic heterocycles. The van der Waals surface area contributed by atoms with Crippen LogP contribution in [0.3, 0.4) is 0 Å².